The first-order valence-corrected chi connectivity index (χ1v) is 7.47. The zero-order valence-electron chi connectivity index (χ0n) is 9.47. The Morgan fingerprint density at radius 1 is 1.56 bits per heavy atom. The van der Waals surface area contributed by atoms with E-state index in [2.05, 4.69) is 17.6 Å². The number of benzene rings is 1. The average molecular weight is 299 g/mol. The molecule has 0 spiro atoms. The monoisotopic (exact) mass is 298 g/mol. The van der Waals surface area contributed by atoms with Gasteiger partial charge in [-0.3, -0.25) is 9.69 Å². The van der Waals surface area contributed by atoms with Gasteiger partial charge in [0.2, 0.25) is 5.91 Å². The Morgan fingerprint density at radius 3 is 3.11 bits per heavy atom. The van der Waals surface area contributed by atoms with Crippen LogP contribution in [0, 0.1) is 5.92 Å². The molecule has 0 aliphatic carbocycles. The summed E-state index contributed by atoms with van der Waals surface area (Å²) in [6.07, 6.45) is 0.570. The molecule has 0 radical (unpaired) electrons. The molecule has 1 aromatic carbocycles. The first kappa shape index (κ1) is 12.3. The summed E-state index contributed by atoms with van der Waals surface area (Å²) in [5.74, 6) is 1.20. The molecule has 94 valence electrons. The molecule has 0 saturated carbocycles. The van der Waals surface area contributed by atoms with Crippen LogP contribution in [-0.4, -0.2) is 23.2 Å². The Hall–Kier alpha value is -0.780. The Balaban J connectivity index is 1.97. The summed E-state index contributed by atoms with van der Waals surface area (Å²) in [5, 5.41) is 1.46. The summed E-state index contributed by atoms with van der Waals surface area (Å²) in [6, 6.07) is 5.58. The molecule has 0 bridgehead atoms. The van der Waals surface area contributed by atoms with Crippen molar-refractivity contribution in [3.63, 3.8) is 0 Å². The highest BCUT2D eigenvalue weighted by atomic mass is 35.5. The van der Waals surface area contributed by atoms with Crippen LogP contribution in [0.25, 0.3) is 10.2 Å². The van der Waals surface area contributed by atoms with Gasteiger partial charge in [-0.15, -0.1) is 0 Å². The highest BCUT2D eigenvalue weighted by Crippen LogP contribution is 2.34. The molecule has 2 heterocycles. The lowest BCUT2D eigenvalue weighted by Crippen LogP contribution is -2.24. The standard InChI is InChI=1S/C12H11ClN2OS2/c13-8-1-2-9-10(4-8)18-12(14-9)15-5-7(6-17)3-11(15)16/h1-2,4,7,17H,3,5-6H2. The second-order valence-electron chi connectivity index (χ2n) is 4.37. The predicted octanol–water partition coefficient (Wildman–Crippen LogP) is 3.23. The lowest BCUT2D eigenvalue weighted by atomic mass is 10.1. The lowest BCUT2D eigenvalue weighted by molar-refractivity contribution is -0.117. The van der Waals surface area contributed by atoms with Crippen LogP contribution in [0.5, 0.6) is 0 Å². The van der Waals surface area contributed by atoms with Crippen molar-refractivity contribution in [3.8, 4) is 0 Å². The molecule has 1 aromatic heterocycles. The van der Waals surface area contributed by atoms with Crippen LogP contribution in [0.15, 0.2) is 18.2 Å². The number of amides is 1. The van der Waals surface area contributed by atoms with E-state index >= 15 is 0 Å². The van der Waals surface area contributed by atoms with E-state index in [4.69, 9.17) is 11.6 Å². The van der Waals surface area contributed by atoms with E-state index in [1.54, 1.807) is 4.90 Å². The van der Waals surface area contributed by atoms with Gasteiger partial charge >= 0.3 is 0 Å². The zero-order valence-corrected chi connectivity index (χ0v) is 11.9. The normalized spacial score (nSPS) is 20.0. The molecule has 1 aliphatic rings. The number of nitrogens with zero attached hydrogens (tertiary/aromatic N) is 2. The smallest absolute Gasteiger partial charge is 0.229 e. The van der Waals surface area contributed by atoms with Crippen molar-refractivity contribution >= 4 is 56.8 Å². The predicted molar refractivity (Wildman–Crippen MR) is 78.9 cm³/mol. The van der Waals surface area contributed by atoms with Gasteiger partial charge in [0.1, 0.15) is 0 Å². The van der Waals surface area contributed by atoms with Crippen molar-refractivity contribution < 1.29 is 4.79 Å². The van der Waals surface area contributed by atoms with Gasteiger partial charge in [-0.05, 0) is 29.9 Å². The van der Waals surface area contributed by atoms with Crippen LogP contribution >= 0.6 is 35.6 Å². The second kappa shape index (κ2) is 4.72. The van der Waals surface area contributed by atoms with Gasteiger partial charge in [-0.2, -0.15) is 12.6 Å². The highest BCUT2D eigenvalue weighted by molar-refractivity contribution is 7.80. The number of thiol groups is 1. The van der Waals surface area contributed by atoms with Crippen LogP contribution in [0.4, 0.5) is 5.13 Å². The number of aromatic nitrogens is 1. The molecule has 1 aliphatic heterocycles. The number of carbonyl (C=O) groups is 1. The topological polar surface area (TPSA) is 33.2 Å². The number of fused-ring (bicyclic) bond motifs is 1. The number of carbonyl (C=O) groups excluding carboxylic acids is 1. The summed E-state index contributed by atoms with van der Waals surface area (Å²) in [4.78, 5) is 18.2. The number of rotatable bonds is 2. The summed E-state index contributed by atoms with van der Waals surface area (Å²) >= 11 is 11.7. The van der Waals surface area contributed by atoms with Crippen LogP contribution in [0.1, 0.15) is 6.42 Å². The van der Waals surface area contributed by atoms with Crippen molar-refractivity contribution in [1.29, 1.82) is 0 Å². The molecule has 1 atom stereocenters. The Labute approximate surface area is 119 Å². The quantitative estimate of drug-likeness (QED) is 0.864. The molecule has 2 aromatic rings. The minimum absolute atomic E-state index is 0.138. The molecule has 1 amide bonds. The van der Waals surface area contributed by atoms with Gasteiger partial charge in [0.15, 0.2) is 5.13 Å². The van der Waals surface area contributed by atoms with E-state index in [9.17, 15) is 4.79 Å². The van der Waals surface area contributed by atoms with Gasteiger partial charge in [0.05, 0.1) is 10.2 Å². The van der Waals surface area contributed by atoms with E-state index in [0.29, 0.717) is 17.4 Å². The van der Waals surface area contributed by atoms with E-state index < -0.39 is 0 Å². The van der Waals surface area contributed by atoms with Crippen LogP contribution in [0.3, 0.4) is 0 Å². The van der Waals surface area contributed by atoms with Crippen molar-refractivity contribution in [2.45, 2.75) is 6.42 Å². The van der Waals surface area contributed by atoms with Crippen molar-refractivity contribution in [3.05, 3.63) is 23.2 Å². The van der Waals surface area contributed by atoms with Crippen molar-refractivity contribution in [2.75, 3.05) is 17.2 Å². The third kappa shape index (κ3) is 2.11. The Kier molecular flexibility index (Phi) is 3.21. The summed E-state index contributed by atoms with van der Waals surface area (Å²) in [6.45, 7) is 0.718. The molecular formula is C12H11ClN2OS2. The average Bonchev–Trinajstić information content (AvgIpc) is 2.91. The molecule has 6 heteroatoms. The third-order valence-electron chi connectivity index (χ3n) is 3.03. The highest BCUT2D eigenvalue weighted by Gasteiger charge is 2.31. The summed E-state index contributed by atoms with van der Waals surface area (Å²) in [5.41, 5.74) is 0.890. The fourth-order valence-corrected chi connectivity index (χ4v) is 3.60. The number of anilines is 1. The SMILES string of the molecule is O=C1CC(CS)CN1c1nc2ccc(Cl)cc2s1. The fourth-order valence-electron chi connectivity index (χ4n) is 2.09. The maximum Gasteiger partial charge on any atom is 0.229 e. The molecule has 1 fully saturated rings. The van der Waals surface area contributed by atoms with E-state index in [-0.39, 0.29) is 5.91 Å². The first-order valence-electron chi connectivity index (χ1n) is 5.64. The molecule has 1 saturated heterocycles. The number of thiazole rings is 1. The maximum absolute atomic E-state index is 11.9. The first-order chi connectivity index (χ1) is 8.67. The van der Waals surface area contributed by atoms with E-state index in [0.717, 1.165) is 27.6 Å². The fraction of sp³-hybridized carbons (Fsp3) is 0.333. The van der Waals surface area contributed by atoms with Gasteiger partial charge < -0.3 is 0 Å². The number of halogens is 1. The minimum Gasteiger partial charge on any atom is -0.288 e. The molecule has 18 heavy (non-hydrogen) atoms. The summed E-state index contributed by atoms with van der Waals surface area (Å²) in [7, 11) is 0. The van der Waals surface area contributed by atoms with Gasteiger partial charge in [-0.25, -0.2) is 4.98 Å². The third-order valence-corrected chi connectivity index (χ3v) is 4.83. The second-order valence-corrected chi connectivity index (χ2v) is 6.18. The van der Waals surface area contributed by atoms with Crippen LogP contribution in [-0.2, 0) is 4.79 Å². The molecule has 1 unspecified atom stereocenters. The van der Waals surface area contributed by atoms with Crippen LogP contribution in [0.2, 0.25) is 5.02 Å². The van der Waals surface area contributed by atoms with Crippen LogP contribution < -0.4 is 4.90 Å². The number of hydrogen-bond acceptors (Lipinski definition) is 4. The molecule has 0 N–H and O–H groups in total. The van der Waals surface area contributed by atoms with Crippen molar-refractivity contribution in [2.24, 2.45) is 5.92 Å². The van der Waals surface area contributed by atoms with Crippen molar-refractivity contribution in [1.82, 2.24) is 4.98 Å². The minimum atomic E-state index is 0.138. The molecule has 3 nitrogen and oxygen atoms in total. The maximum atomic E-state index is 11.9. The van der Waals surface area contributed by atoms with Gasteiger partial charge in [-0.1, -0.05) is 22.9 Å². The van der Waals surface area contributed by atoms with E-state index in [1.807, 2.05) is 18.2 Å². The summed E-state index contributed by atoms with van der Waals surface area (Å²) < 4.78 is 1.01. The Bertz CT molecular complexity index is 613. The molecule has 3 rings (SSSR count). The van der Waals surface area contributed by atoms with E-state index in [1.165, 1.54) is 11.3 Å². The lowest BCUT2D eigenvalue weighted by Gasteiger charge is -2.11. The zero-order chi connectivity index (χ0) is 12.7. The molecular weight excluding hydrogens is 288 g/mol. The van der Waals surface area contributed by atoms with Gasteiger partial charge in [0, 0.05) is 18.0 Å². The van der Waals surface area contributed by atoms with Gasteiger partial charge in [0.25, 0.3) is 0 Å². The largest absolute Gasteiger partial charge is 0.288 e. The number of hydrogen-bond donors (Lipinski definition) is 1. The Morgan fingerprint density at radius 2 is 2.39 bits per heavy atom.